The van der Waals surface area contributed by atoms with Gasteiger partial charge in [-0.15, -0.1) is 11.3 Å². The van der Waals surface area contributed by atoms with Gasteiger partial charge in [-0.3, -0.25) is 0 Å². The van der Waals surface area contributed by atoms with E-state index in [0.29, 0.717) is 12.0 Å². The molecule has 1 unspecified atom stereocenters. The molecule has 1 aromatic heterocycles. The number of halogens is 2. The minimum absolute atomic E-state index is 0.0832. The summed E-state index contributed by atoms with van der Waals surface area (Å²) in [5.41, 5.74) is 1.86. The van der Waals surface area contributed by atoms with Gasteiger partial charge in [-0.2, -0.15) is 0 Å². The molecule has 1 N–H and O–H groups in total. The second-order valence-electron chi connectivity index (χ2n) is 5.11. The van der Waals surface area contributed by atoms with Crippen LogP contribution >= 0.6 is 11.3 Å². The Morgan fingerprint density at radius 2 is 1.95 bits per heavy atom. The van der Waals surface area contributed by atoms with Crippen LogP contribution in [0.25, 0.3) is 0 Å². The lowest BCUT2D eigenvalue weighted by molar-refractivity contribution is 0.511. The van der Waals surface area contributed by atoms with Crippen LogP contribution in [0.1, 0.15) is 42.3 Å². The second-order valence-corrected chi connectivity index (χ2v) is 6.06. The summed E-state index contributed by atoms with van der Waals surface area (Å²) in [5, 5.41) is 5.57. The van der Waals surface area contributed by atoms with E-state index in [1.165, 1.54) is 16.5 Å². The molecule has 114 valence electrons. The van der Waals surface area contributed by atoms with Crippen LogP contribution in [0.3, 0.4) is 0 Å². The molecule has 0 radical (unpaired) electrons. The van der Waals surface area contributed by atoms with Gasteiger partial charge >= 0.3 is 0 Å². The van der Waals surface area contributed by atoms with Crippen molar-refractivity contribution in [2.45, 2.75) is 39.2 Å². The Morgan fingerprint density at radius 1 is 1.14 bits per heavy atom. The highest BCUT2D eigenvalue weighted by Gasteiger charge is 2.18. The second kappa shape index (κ2) is 7.66. The van der Waals surface area contributed by atoms with E-state index in [4.69, 9.17) is 0 Å². The van der Waals surface area contributed by atoms with Crippen molar-refractivity contribution in [1.29, 1.82) is 0 Å². The van der Waals surface area contributed by atoms with Gasteiger partial charge in [-0.1, -0.05) is 19.9 Å². The summed E-state index contributed by atoms with van der Waals surface area (Å²) in [6.07, 6.45) is 2.53. The third-order valence-corrected chi connectivity index (χ3v) is 4.63. The predicted octanol–water partition coefficient (Wildman–Crippen LogP) is 4.87. The monoisotopic (exact) mass is 309 g/mol. The van der Waals surface area contributed by atoms with Crippen molar-refractivity contribution in [2.24, 2.45) is 0 Å². The lowest BCUT2D eigenvalue weighted by Crippen LogP contribution is -2.24. The SMILES string of the molecule is CCCNC(Cc1ccc(F)cc1F)c1sccc1CC. The average Bonchev–Trinajstić information content (AvgIpc) is 2.94. The van der Waals surface area contributed by atoms with E-state index in [0.717, 1.165) is 25.5 Å². The fourth-order valence-corrected chi connectivity index (χ4v) is 3.50. The highest BCUT2D eigenvalue weighted by Crippen LogP contribution is 2.28. The van der Waals surface area contributed by atoms with Crippen LogP contribution in [-0.4, -0.2) is 6.54 Å². The summed E-state index contributed by atoms with van der Waals surface area (Å²) < 4.78 is 26.9. The third-order valence-electron chi connectivity index (χ3n) is 3.56. The van der Waals surface area contributed by atoms with E-state index in [-0.39, 0.29) is 6.04 Å². The minimum Gasteiger partial charge on any atom is -0.309 e. The molecule has 4 heteroatoms. The maximum atomic E-state index is 13.9. The van der Waals surface area contributed by atoms with Crippen LogP contribution in [0.15, 0.2) is 29.6 Å². The fourth-order valence-electron chi connectivity index (χ4n) is 2.43. The smallest absolute Gasteiger partial charge is 0.129 e. The lowest BCUT2D eigenvalue weighted by atomic mass is 10.0. The number of nitrogens with one attached hydrogen (secondary N) is 1. The van der Waals surface area contributed by atoms with Crippen molar-refractivity contribution < 1.29 is 8.78 Å². The zero-order valence-electron chi connectivity index (χ0n) is 12.5. The van der Waals surface area contributed by atoms with Gasteiger partial charge in [0.25, 0.3) is 0 Å². The first-order valence-electron chi connectivity index (χ1n) is 7.39. The largest absolute Gasteiger partial charge is 0.309 e. The first-order valence-corrected chi connectivity index (χ1v) is 8.27. The normalized spacial score (nSPS) is 12.6. The Hall–Kier alpha value is -1.26. The lowest BCUT2D eigenvalue weighted by Gasteiger charge is -2.19. The van der Waals surface area contributed by atoms with Gasteiger partial charge in [0.05, 0.1) is 0 Å². The molecule has 2 rings (SSSR count). The summed E-state index contributed by atoms with van der Waals surface area (Å²) >= 11 is 1.70. The molecule has 1 atom stereocenters. The minimum atomic E-state index is -0.528. The van der Waals surface area contributed by atoms with E-state index in [1.807, 2.05) is 0 Å². The molecule has 0 saturated carbocycles. The summed E-state index contributed by atoms with van der Waals surface area (Å²) in [6.45, 7) is 5.12. The van der Waals surface area contributed by atoms with E-state index in [1.54, 1.807) is 17.4 Å². The molecule has 1 heterocycles. The van der Waals surface area contributed by atoms with Gasteiger partial charge < -0.3 is 5.32 Å². The Morgan fingerprint density at radius 3 is 2.62 bits per heavy atom. The quantitative estimate of drug-likeness (QED) is 0.769. The third kappa shape index (κ3) is 4.11. The van der Waals surface area contributed by atoms with Crippen molar-refractivity contribution in [3.8, 4) is 0 Å². The van der Waals surface area contributed by atoms with Crippen LogP contribution in [0.2, 0.25) is 0 Å². The van der Waals surface area contributed by atoms with E-state index in [9.17, 15) is 8.78 Å². The van der Waals surface area contributed by atoms with Gasteiger partial charge in [0.2, 0.25) is 0 Å². The number of hydrogen-bond acceptors (Lipinski definition) is 2. The van der Waals surface area contributed by atoms with Crippen LogP contribution in [0.5, 0.6) is 0 Å². The molecule has 0 spiro atoms. The first-order chi connectivity index (χ1) is 10.2. The van der Waals surface area contributed by atoms with Gasteiger partial charge in [-0.25, -0.2) is 8.78 Å². The molecule has 0 amide bonds. The molecule has 0 aliphatic rings. The zero-order chi connectivity index (χ0) is 15.2. The standard InChI is InChI=1S/C17H21F2NS/c1-3-8-20-16(17-12(4-2)7-9-21-17)10-13-5-6-14(18)11-15(13)19/h5-7,9,11,16,20H,3-4,8,10H2,1-2H3. The summed E-state index contributed by atoms with van der Waals surface area (Å²) in [7, 11) is 0. The van der Waals surface area contributed by atoms with Gasteiger partial charge in [0.1, 0.15) is 11.6 Å². The van der Waals surface area contributed by atoms with Crippen LogP contribution < -0.4 is 5.32 Å². The fraction of sp³-hybridized carbons (Fsp3) is 0.412. The molecule has 0 saturated heterocycles. The molecule has 2 aromatic rings. The Kier molecular flexibility index (Phi) is 5.88. The number of hydrogen-bond donors (Lipinski definition) is 1. The van der Waals surface area contributed by atoms with Crippen molar-refractivity contribution in [2.75, 3.05) is 6.54 Å². The van der Waals surface area contributed by atoms with Crippen molar-refractivity contribution >= 4 is 11.3 Å². The predicted molar refractivity (Wildman–Crippen MR) is 84.8 cm³/mol. The molecule has 0 fully saturated rings. The topological polar surface area (TPSA) is 12.0 Å². The summed E-state index contributed by atoms with van der Waals surface area (Å²) in [6, 6.07) is 6.04. The molecule has 21 heavy (non-hydrogen) atoms. The van der Waals surface area contributed by atoms with Gasteiger partial charge in [-0.05, 0) is 54.4 Å². The maximum absolute atomic E-state index is 13.9. The van der Waals surface area contributed by atoms with Crippen molar-refractivity contribution in [3.63, 3.8) is 0 Å². The zero-order valence-corrected chi connectivity index (χ0v) is 13.3. The van der Waals surface area contributed by atoms with Crippen LogP contribution in [0.4, 0.5) is 8.78 Å². The molecule has 1 nitrogen and oxygen atoms in total. The van der Waals surface area contributed by atoms with E-state index >= 15 is 0 Å². The van der Waals surface area contributed by atoms with E-state index < -0.39 is 11.6 Å². The van der Waals surface area contributed by atoms with Crippen molar-refractivity contribution in [1.82, 2.24) is 5.32 Å². The van der Waals surface area contributed by atoms with Crippen molar-refractivity contribution in [3.05, 3.63) is 57.3 Å². The maximum Gasteiger partial charge on any atom is 0.129 e. The molecular formula is C17H21F2NS. The van der Waals surface area contributed by atoms with Gasteiger partial charge in [0.15, 0.2) is 0 Å². The summed E-state index contributed by atoms with van der Waals surface area (Å²) in [5.74, 6) is -0.993. The highest BCUT2D eigenvalue weighted by molar-refractivity contribution is 7.10. The number of benzene rings is 1. The van der Waals surface area contributed by atoms with Gasteiger partial charge in [0, 0.05) is 17.0 Å². The van der Waals surface area contributed by atoms with Crippen LogP contribution in [0, 0.1) is 11.6 Å². The number of aryl methyl sites for hydroxylation is 1. The summed E-state index contributed by atoms with van der Waals surface area (Å²) in [4.78, 5) is 1.26. The molecule has 0 aliphatic heterocycles. The van der Waals surface area contributed by atoms with E-state index in [2.05, 4.69) is 30.6 Å². The number of thiophene rings is 1. The molecule has 0 aliphatic carbocycles. The molecule has 1 aromatic carbocycles. The Labute approximate surface area is 129 Å². The Bertz CT molecular complexity index is 580. The molecular weight excluding hydrogens is 288 g/mol. The Balaban J connectivity index is 2.24. The first kappa shape index (κ1) is 16.1. The number of rotatable bonds is 7. The highest BCUT2D eigenvalue weighted by atomic mass is 32.1. The average molecular weight is 309 g/mol. The van der Waals surface area contributed by atoms with Crippen LogP contribution in [-0.2, 0) is 12.8 Å². The molecule has 0 bridgehead atoms.